The van der Waals surface area contributed by atoms with Crippen molar-refractivity contribution in [3.63, 3.8) is 0 Å². The normalized spacial score (nSPS) is 21.2. The predicted octanol–water partition coefficient (Wildman–Crippen LogP) is 3.25. The van der Waals surface area contributed by atoms with Crippen LogP contribution in [0.15, 0.2) is 18.2 Å². The average molecular weight is 413 g/mol. The molecule has 29 heavy (non-hydrogen) atoms. The van der Waals surface area contributed by atoms with Gasteiger partial charge < -0.3 is 14.9 Å². The number of alkyl halides is 3. The Labute approximate surface area is 167 Å². The van der Waals surface area contributed by atoms with Crippen molar-refractivity contribution in [3.8, 4) is 0 Å². The summed E-state index contributed by atoms with van der Waals surface area (Å²) in [5.41, 5.74) is 1.00. The van der Waals surface area contributed by atoms with Gasteiger partial charge in [0.1, 0.15) is 5.82 Å². The molecule has 3 heterocycles. The SMILES string of the molecule is Cc1cccc(N2CCC3(CCN(CC4CC4)C3=O)CC2)n1.O=C(O)C(F)(F)F. The van der Waals surface area contributed by atoms with E-state index in [2.05, 4.69) is 26.9 Å². The van der Waals surface area contributed by atoms with Crippen LogP contribution in [0.1, 0.15) is 37.8 Å². The van der Waals surface area contributed by atoms with E-state index in [-0.39, 0.29) is 5.41 Å². The molecule has 3 aliphatic rings. The molecule has 0 unspecified atom stereocenters. The number of pyridine rings is 1. The summed E-state index contributed by atoms with van der Waals surface area (Å²) < 4.78 is 31.7. The monoisotopic (exact) mass is 413 g/mol. The molecule has 3 fully saturated rings. The van der Waals surface area contributed by atoms with Crippen LogP contribution in [0.5, 0.6) is 0 Å². The molecule has 0 atom stereocenters. The highest BCUT2D eigenvalue weighted by atomic mass is 19.4. The lowest BCUT2D eigenvalue weighted by Gasteiger charge is -2.38. The number of aliphatic carboxylic acids is 1. The van der Waals surface area contributed by atoms with E-state index in [1.54, 1.807) is 0 Å². The molecule has 1 N–H and O–H groups in total. The summed E-state index contributed by atoms with van der Waals surface area (Å²) in [4.78, 5) is 30.8. The van der Waals surface area contributed by atoms with Crippen LogP contribution < -0.4 is 4.90 Å². The molecular weight excluding hydrogens is 387 g/mol. The summed E-state index contributed by atoms with van der Waals surface area (Å²) in [7, 11) is 0. The number of carboxylic acid groups (broad SMARTS) is 1. The molecular formula is C20H26F3N3O3. The van der Waals surface area contributed by atoms with E-state index in [0.717, 1.165) is 62.9 Å². The summed E-state index contributed by atoms with van der Waals surface area (Å²) in [5.74, 6) is -0.449. The second-order valence-electron chi connectivity index (χ2n) is 8.15. The number of halogens is 3. The third-order valence-electron chi connectivity index (χ3n) is 5.94. The topological polar surface area (TPSA) is 73.7 Å². The molecule has 2 aliphatic heterocycles. The Morgan fingerprint density at radius 1 is 1.21 bits per heavy atom. The summed E-state index contributed by atoms with van der Waals surface area (Å²) in [6.07, 6.45) is 0.603. The van der Waals surface area contributed by atoms with Crippen LogP contribution in [0, 0.1) is 18.3 Å². The summed E-state index contributed by atoms with van der Waals surface area (Å²) in [6, 6.07) is 6.19. The number of hydrogen-bond donors (Lipinski definition) is 1. The smallest absolute Gasteiger partial charge is 0.475 e. The van der Waals surface area contributed by atoms with Gasteiger partial charge >= 0.3 is 12.1 Å². The summed E-state index contributed by atoms with van der Waals surface area (Å²) in [6.45, 7) is 5.95. The Hall–Kier alpha value is -2.32. The van der Waals surface area contributed by atoms with Crippen LogP contribution in [0.4, 0.5) is 19.0 Å². The Bertz CT molecular complexity index is 757. The number of carbonyl (C=O) groups is 2. The predicted molar refractivity (Wildman–Crippen MR) is 100 cm³/mol. The molecule has 2 saturated heterocycles. The van der Waals surface area contributed by atoms with Crippen LogP contribution in [0.25, 0.3) is 0 Å². The van der Waals surface area contributed by atoms with Gasteiger partial charge in [0.05, 0.1) is 5.41 Å². The minimum absolute atomic E-state index is 0.0603. The maximum atomic E-state index is 12.8. The highest BCUT2D eigenvalue weighted by Crippen LogP contribution is 2.43. The molecule has 0 bridgehead atoms. The van der Waals surface area contributed by atoms with Crippen LogP contribution in [-0.2, 0) is 9.59 Å². The first-order valence-electron chi connectivity index (χ1n) is 9.89. The standard InChI is InChI=1S/C18H25N3O.C2HF3O2/c1-14-3-2-4-16(19-14)20-10-7-18(8-11-20)9-12-21(17(18)22)13-15-5-6-15;3-2(4,5)1(6)7/h2-4,15H,5-13H2,1H3;(H,6,7). The lowest BCUT2D eigenvalue weighted by atomic mass is 9.77. The number of carbonyl (C=O) groups excluding carboxylic acids is 1. The number of anilines is 1. The average Bonchev–Trinajstić information content (AvgIpc) is 3.44. The Balaban J connectivity index is 0.000000298. The Morgan fingerprint density at radius 3 is 2.31 bits per heavy atom. The van der Waals surface area contributed by atoms with Gasteiger partial charge in [0.15, 0.2) is 0 Å². The van der Waals surface area contributed by atoms with Gasteiger partial charge in [-0.3, -0.25) is 4.79 Å². The fourth-order valence-corrected chi connectivity index (χ4v) is 4.01. The second-order valence-corrected chi connectivity index (χ2v) is 8.15. The van der Waals surface area contributed by atoms with Gasteiger partial charge in [-0.15, -0.1) is 0 Å². The molecule has 4 rings (SSSR count). The van der Waals surface area contributed by atoms with Crippen molar-refractivity contribution in [2.45, 2.75) is 45.2 Å². The quantitative estimate of drug-likeness (QED) is 0.824. The van der Waals surface area contributed by atoms with Gasteiger partial charge in [0, 0.05) is 31.9 Å². The highest BCUT2D eigenvalue weighted by Gasteiger charge is 2.48. The van der Waals surface area contributed by atoms with Crippen LogP contribution in [0.3, 0.4) is 0 Å². The van der Waals surface area contributed by atoms with E-state index in [1.807, 2.05) is 13.0 Å². The Kier molecular flexibility index (Phi) is 6.05. The second kappa shape index (κ2) is 8.20. The maximum Gasteiger partial charge on any atom is 0.490 e. The first-order chi connectivity index (χ1) is 13.6. The molecule has 160 valence electrons. The zero-order chi connectivity index (χ0) is 21.2. The van der Waals surface area contributed by atoms with Gasteiger partial charge in [-0.05, 0) is 57.1 Å². The number of aryl methyl sites for hydroxylation is 1. The van der Waals surface area contributed by atoms with Crippen molar-refractivity contribution in [3.05, 3.63) is 23.9 Å². The van der Waals surface area contributed by atoms with Crippen LogP contribution in [-0.4, -0.2) is 59.2 Å². The molecule has 1 saturated carbocycles. The minimum atomic E-state index is -5.08. The summed E-state index contributed by atoms with van der Waals surface area (Å²) >= 11 is 0. The van der Waals surface area contributed by atoms with Gasteiger partial charge in [-0.1, -0.05) is 6.07 Å². The molecule has 1 spiro atoms. The van der Waals surface area contributed by atoms with Crippen LogP contribution >= 0.6 is 0 Å². The third kappa shape index (κ3) is 5.19. The van der Waals surface area contributed by atoms with E-state index in [0.29, 0.717) is 5.91 Å². The molecule has 1 aliphatic carbocycles. The number of amides is 1. The minimum Gasteiger partial charge on any atom is -0.475 e. The fourth-order valence-electron chi connectivity index (χ4n) is 4.01. The Morgan fingerprint density at radius 2 is 1.79 bits per heavy atom. The van der Waals surface area contributed by atoms with Crippen molar-refractivity contribution in [1.82, 2.24) is 9.88 Å². The van der Waals surface area contributed by atoms with Crippen molar-refractivity contribution in [2.24, 2.45) is 11.3 Å². The van der Waals surface area contributed by atoms with Gasteiger partial charge in [-0.25, -0.2) is 9.78 Å². The number of nitrogens with zero attached hydrogens (tertiary/aromatic N) is 3. The number of piperidine rings is 1. The molecule has 1 aromatic heterocycles. The third-order valence-corrected chi connectivity index (χ3v) is 5.94. The zero-order valence-corrected chi connectivity index (χ0v) is 16.4. The van der Waals surface area contributed by atoms with E-state index in [1.165, 1.54) is 12.8 Å². The van der Waals surface area contributed by atoms with Crippen molar-refractivity contribution < 1.29 is 27.9 Å². The molecule has 1 amide bonds. The van der Waals surface area contributed by atoms with E-state index >= 15 is 0 Å². The first-order valence-corrected chi connectivity index (χ1v) is 9.89. The van der Waals surface area contributed by atoms with Crippen molar-refractivity contribution in [2.75, 3.05) is 31.1 Å². The molecule has 0 radical (unpaired) electrons. The molecule has 0 aromatic carbocycles. The number of aromatic nitrogens is 1. The lowest BCUT2D eigenvalue weighted by Crippen LogP contribution is -2.45. The zero-order valence-electron chi connectivity index (χ0n) is 16.4. The number of hydrogen-bond acceptors (Lipinski definition) is 4. The largest absolute Gasteiger partial charge is 0.490 e. The number of carboxylic acids is 1. The van der Waals surface area contributed by atoms with Gasteiger partial charge in [-0.2, -0.15) is 13.2 Å². The molecule has 9 heteroatoms. The van der Waals surface area contributed by atoms with E-state index in [9.17, 15) is 18.0 Å². The molecule has 6 nitrogen and oxygen atoms in total. The van der Waals surface area contributed by atoms with Gasteiger partial charge in [0.25, 0.3) is 0 Å². The number of likely N-dealkylation sites (tertiary alicyclic amines) is 1. The van der Waals surface area contributed by atoms with Crippen LogP contribution in [0.2, 0.25) is 0 Å². The van der Waals surface area contributed by atoms with E-state index < -0.39 is 12.1 Å². The maximum absolute atomic E-state index is 12.8. The lowest BCUT2D eigenvalue weighted by molar-refractivity contribution is -0.192. The van der Waals surface area contributed by atoms with E-state index in [4.69, 9.17) is 9.90 Å². The fraction of sp³-hybridized carbons (Fsp3) is 0.650. The van der Waals surface area contributed by atoms with Gasteiger partial charge in [0.2, 0.25) is 5.91 Å². The first kappa shape index (κ1) is 21.4. The highest BCUT2D eigenvalue weighted by molar-refractivity contribution is 5.85. The number of rotatable bonds is 3. The van der Waals surface area contributed by atoms with Crippen molar-refractivity contribution >= 4 is 17.7 Å². The molecule has 1 aromatic rings. The summed E-state index contributed by atoms with van der Waals surface area (Å²) in [5, 5.41) is 7.12. The van der Waals surface area contributed by atoms with Crippen molar-refractivity contribution in [1.29, 1.82) is 0 Å².